The number of fused-ring (bicyclic) bond motifs is 3. The Balaban J connectivity index is 1.35. The first-order valence-electron chi connectivity index (χ1n) is 10.5. The summed E-state index contributed by atoms with van der Waals surface area (Å²) >= 11 is 7.17. The molecule has 0 aromatic heterocycles. The van der Waals surface area contributed by atoms with Crippen molar-refractivity contribution in [2.75, 3.05) is 25.5 Å². The molecule has 164 valence electrons. The van der Waals surface area contributed by atoms with Gasteiger partial charge in [-0.15, -0.1) is 11.8 Å². The fraction of sp³-hybridized carbons (Fsp3) is 0.391. The summed E-state index contributed by atoms with van der Waals surface area (Å²) in [5, 5.41) is 3.63. The van der Waals surface area contributed by atoms with Crippen molar-refractivity contribution in [3.05, 3.63) is 60.2 Å². The van der Waals surface area contributed by atoms with E-state index >= 15 is 0 Å². The number of hydrogen-bond donors (Lipinski definition) is 3. The van der Waals surface area contributed by atoms with Crippen LogP contribution in [-0.2, 0) is 10.5 Å². The zero-order chi connectivity index (χ0) is 21.6. The number of thioether (sulfide) groups is 1. The molecule has 0 aliphatic carbocycles. The maximum absolute atomic E-state index is 13.1. The maximum atomic E-state index is 13.1. The monoisotopic (exact) mass is 456 g/mol. The minimum atomic E-state index is -0.0576. The average Bonchev–Trinajstić information content (AvgIpc) is 2.82. The van der Waals surface area contributed by atoms with E-state index in [-0.39, 0.29) is 17.2 Å². The molecule has 5 rings (SSSR count). The summed E-state index contributed by atoms with van der Waals surface area (Å²) in [5.74, 6) is 2.09. The van der Waals surface area contributed by atoms with E-state index in [0.29, 0.717) is 11.0 Å². The highest BCUT2D eigenvalue weighted by Gasteiger charge is 2.46. The van der Waals surface area contributed by atoms with Crippen molar-refractivity contribution in [2.45, 2.75) is 24.0 Å². The molecule has 1 amide bonds. The first kappa shape index (κ1) is 21.9. The van der Waals surface area contributed by atoms with Gasteiger partial charge in [-0.1, -0.05) is 30.3 Å². The zero-order valence-corrected chi connectivity index (χ0v) is 19.2. The second-order valence-electron chi connectivity index (χ2n) is 7.88. The molecular formula is C23H28N4O2S2. The fourth-order valence-electron chi connectivity index (χ4n) is 4.33. The van der Waals surface area contributed by atoms with E-state index in [0.717, 1.165) is 43.1 Å². The van der Waals surface area contributed by atoms with Crippen LogP contribution in [0.4, 0.5) is 5.69 Å². The predicted molar refractivity (Wildman–Crippen MR) is 130 cm³/mol. The number of ether oxygens (including phenoxy) is 1. The number of hydrazine groups is 1. The lowest BCUT2D eigenvalue weighted by Gasteiger charge is -2.49. The highest BCUT2D eigenvalue weighted by molar-refractivity contribution is 7.99. The molecule has 2 aromatic carbocycles. The second-order valence-corrected chi connectivity index (χ2v) is 9.40. The molecule has 3 heterocycles. The van der Waals surface area contributed by atoms with E-state index in [2.05, 4.69) is 33.2 Å². The summed E-state index contributed by atoms with van der Waals surface area (Å²) in [6.07, 6.45) is 2.15. The van der Waals surface area contributed by atoms with Crippen LogP contribution in [-0.4, -0.2) is 41.5 Å². The van der Waals surface area contributed by atoms with Gasteiger partial charge < -0.3 is 10.1 Å². The van der Waals surface area contributed by atoms with Crippen LogP contribution < -0.4 is 20.9 Å². The second kappa shape index (κ2) is 10.3. The Morgan fingerprint density at radius 3 is 2.48 bits per heavy atom. The molecule has 0 saturated carbocycles. The summed E-state index contributed by atoms with van der Waals surface area (Å²) in [5.41, 5.74) is 7.84. The molecule has 2 bridgehead atoms. The lowest BCUT2D eigenvalue weighted by molar-refractivity contribution is -0.132. The number of rotatable bonds is 6. The number of anilines is 1. The number of nitrogens with zero attached hydrogens (tertiary/aromatic N) is 1. The van der Waals surface area contributed by atoms with Crippen molar-refractivity contribution in [2.24, 2.45) is 11.8 Å². The van der Waals surface area contributed by atoms with Crippen LogP contribution in [0.3, 0.4) is 0 Å². The van der Waals surface area contributed by atoms with Gasteiger partial charge in [0.25, 0.3) is 0 Å². The molecule has 0 spiro atoms. The number of thiocarbonyl (C=S) groups is 1. The third-order valence-corrected chi connectivity index (χ3v) is 7.60. The number of carbonyl (C=O) groups excluding carboxylic acids is 1. The SMILES string of the molecule is COc1ccc(CS[C@@H]2[C@H](C(=O)NNC(=S)Nc3ccccc3)C3CCN2CC3)cc1. The van der Waals surface area contributed by atoms with E-state index in [4.69, 9.17) is 17.0 Å². The summed E-state index contributed by atoms with van der Waals surface area (Å²) in [4.78, 5) is 15.6. The summed E-state index contributed by atoms with van der Waals surface area (Å²) in [7, 11) is 1.67. The van der Waals surface area contributed by atoms with Gasteiger partial charge in [0, 0.05) is 11.4 Å². The Morgan fingerprint density at radius 2 is 1.81 bits per heavy atom. The summed E-state index contributed by atoms with van der Waals surface area (Å²) < 4.78 is 5.25. The molecule has 31 heavy (non-hydrogen) atoms. The molecule has 3 saturated heterocycles. The number of carbonyl (C=O) groups is 1. The molecule has 0 radical (unpaired) electrons. The molecule has 0 unspecified atom stereocenters. The average molecular weight is 457 g/mol. The van der Waals surface area contributed by atoms with Crippen LogP contribution in [0.5, 0.6) is 5.75 Å². The van der Waals surface area contributed by atoms with Crippen molar-refractivity contribution < 1.29 is 9.53 Å². The predicted octanol–water partition coefficient (Wildman–Crippen LogP) is 3.61. The molecule has 3 N–H and O–H groups in total. The summed E-state index contributed by atoms with van der Waals surface area (Å²) in [6, 6.07) is 17.8. The highest BCUT2D eigenvalue weighted by atomic mass is 32.2. The van der Waals surface area contributed by atoms with Crippen LogP contribution in [0.15, 0.2) is 54.6 Å². The van der Waals surface area contributed by atoms with Gasteiger partial charge in [0.1, 0.15) is 5.75 Å². The number of nitrogens with one attached hydrogen (secondary N) is 3. The van der Waals surface area contributed by atoms with Crippen LogP contribution in [0.25, 0.3) is 0 Å². The van der Waals surface area contributed by atoms with Gasteiger partial charge >= 0.3 is 0 Å². The molecular weight excluding hydrogens is 428 g/mol. The van der Waals surface area contributed by atoms with E-state index < -0.39 is 0 Å². The van der Waals surface area contributed by atoms with Gasteiger partial charge in [0.15, 0.2) is 5.11 Å². The first-order chi connectivity index (χ1) is 15.1. The van der Waals surface area contributed by atoms with E-state index in [1.54, 1.807) is 7.11 Å². The minimum absolute atomic E-state index is 0.0128. The third kappa shape index (κ3) is 5.50. The third-order valence-electron chi connectivity index (χ3n) is 5.96. The number of hydrogen-bond acceptors (Lipinski definition) is 5. The fourth-order valence-corrected chi connectivity index (χ4v) is 6.03. The van der Waals surface area contributed by atoms with E-state index in [9.17, 15) is 4.79 Å². The molecule has 6 nitrogen and oxygen atoms in total. The van der Waals surface area contributed by atoms with Gasteiger partial charge in [-0.2, -0.15) is 0 Å². The maximum Gasteiger partial charge on any atom is 0.244 e. The lowest BCUT2D eigenvalue weighted by atomic mass is 9.78. The largest absolute Gasteiger partial charge is 0.497 e. The molecule has 2 atom stereocenters. The summed E-state index contributed by atoms with van der Waals surface area (Å²) in [6.45, 7) is 2.13. The van der Waals surface area contributed by atoms with Crippen molar-refractivity contribution >= 4 is 40.7 Å². The Kier molecular flexibility index (Phi) is 7.32. The number of benzene rings is 2. The highest BCUT2D eigenvalue weighted by Crippen LogP contribution is 2.42. The van der Waals surface area contributed by atoms with E-state index in [1.807, 2.05) is 54.2 Å². The number of amides is 1. The zero-order valence-electron chi connectivity index (χ0n) is 17.5. The van der Waals surface area contributed by atoms with Gasteiger partial charge in [0.05, 0.1) is 18.4 Å². The molecule has 2 aromatic rings. The standard InChI is InChI=1S/C23H28N4O2S2/c1-29-19-9-7-16(8-10-19)15-31-22-20(17-11-13-27(22)14-12-17)21(28)25-26-23(30)24-18-5-3-2-4-6-18/h2-10,17,20,22H,11-15H2,1H3,(H,25,28)(H2,24,26,30)/t20-,22+/m0/s1. The molecule has 8 heteroatoms. The molecule has 3 aliphatic rings. The van der Waals surface area contributed by atoms with Crippen molar-refractivity contribution in [3.63, 3.8) is 0 Å². The normalized spacial score (nSPS) is 24.3. The topological polar surface area (TPSA) is 65.6 Å². The Bertz CT molecular complexity index is 886. The molecule has 3 aliphatic heterocycles. The first-order valence-corrected chi connectivity index (χ1v) is 12.0. The van der Waals surface area contributed by atoms with Crippen LogP contribution in [0.1, 0.15) is 18.4 Å². The van der Waals surface area contributed by atoms with Crippen molar-refractivity contribution in [3.8, 4) is 5.75 Å². The Hall–Kier alpha value is -2.29. The van der Waals surface area contributed by atoms with Gasteiger partial charge in [-0.3, -0.25) is 20.5 Å². The van der Waals surface area contributed by atoms with Crippen LogP contribution in [0.2, 0.25) is 0 Å². The number of piperidine rings is 3. The smallest absolute Gasteiger partial charge is 0.244 e. The van der Waals surface area contributed by atoms with Crippen LogP contribution in [0, 0.1) is 11.8 Å². The molecule has 3 fully saturated rings. The van der Waals surface area contributed by atoms with Crippen molar-refractivity contribution in [1.29, 1.82) is 0 Å². The number of methoxy groups -OCH3 is 1. The Labute approximate surface area is 193 Å². The van der Waals surface area contributed by atoms with Crippen LogP contribution >= 0.6 is 24.0 Å². The minimum Gasteiger partial charge on any atom is -0.497 e. The van der Waals surface area contributed by atoms with Crippen molar-refractivity contribution in [1.82, 2.24) is 15.8 Å². The van der Waals surface area contributed by atoms with E-state index in [1.165, 1.54) is 5.56 Å². The quantitative estimate of drug-likeness (QED) is 0.453. The lowest BCUT2D eigenvalue weighted by Crippen LogP contribution is -2.59. The number of para-hydroxylation sites is 1. The van der Waals surface area contributed by atoms with Gasteiger partial charge in [-0.25, -0.2) is 0 Å². The Morgan fingerprint density at radius 1 is 1.10 bits per heavy atom. The van der Waals surface area contributed by atoms with Gasteiger partial charge in [-0.05, 0) is 73.9 Å². The van der Waals surface area contributed by atoms with Gasteiger partial charge in [0.2, 0.25) is 5.91 Å².